The van der Waals surface area contributed by atoms with Crippen LogP contribution in [0.15, 0.2) is 24.3 Å². The lowest BCUT2D eigenvalue weighted by atomic mass is 10.0. The van der Waals surface area contributed by atoms with E-state index in [-0.39, 0.29) is 6.04 Å². The average molecular weight is 243 g/mol. The molecule has 0 aliphatic heterocycles. The highest BCUT2D eigenvalue weighted by molar-refractivity contribution is 5.79. The maximum Gasteiger partial charge on any atom is 0.0991 e. The number of amidine groups is 1. The van der Waals surface area contributed by atoms with Crippen LogP contribution in [0.4, 0.5) is 0 Å². The van der Waals surface area contributed by atoms with Crippen molar-refractivity contribution in [2.75, 3.05) is 0 Å². The number of hydrogen-bond acceptors (Lipinski definition) is 2. The van der Waals surface area contributed by atoms with Crippen LogP contribution >= 0.6 is 0 Å². The van der Waals surface area contributed by atoms with Crippen molar-refractivity contribution < 1.29 is 0 Å². The Hall–Kier alpha value is -1.82. The van der Waals surface area contributed by atoms with Crippen molar-refractivity contribution in [3.05, 3.63) is 35.4 Å². The minimum atomic E-state index is 0.127. The fourth-order valence-electron chi connectivity index (χ4n) is 1.88. The van der Waals surface area contributed by atoms with E-state index in [9.17, 15) is 0 Å². The molecule has 96 valence electrons. The summed E-state index contributed by atoms with van der Waals surface area (Å²) in [5, 5.41) is 20.0. The van der Waals surface area contributed by atoms with Gasteiger partial charge >= 0.3 is 0 Å². The first-order chi connectivity index (χ1) is 8.71. The van der Waals surface area contributed by atoms with Crippen LogP contribution in [-0.2, 0) is 0 Å². The molecule has 18 heavy (non-hydrogen) atoms. The van der Waals surface area contributed by atoms with E-state index in [0.717, 1.165) is 31.2 Å². The lowest BCUT2D eigenvalue weighted by molar-refractivity contribution is 0.611. The molecule has 0 aliphatic carbocycles. The van der Waals surface area contributed by atoms with Gasteiger partial charge in [-0.1, -0.05) is 32.4 Å². The molecule has 1 aromatic carbocycles. The van der Waals surface area contributed by atoms with E-state index in [1.807, 2.05) is 18.2 Å². The SMILES string of the molecule is CCCCC(=N)N[C@@H](CC)c1cccc(C#N)c1. The molecule has 0 spiro atoms. The number of nitriles is 1. The summed E-state index contributed by atoms with van der Waals surface area (Å²) in [6.07, 6.45) is 3.85. The number of benzene rings is 1. The van der Waals surface area contributed by atoms with Crippen molar-refractivity contribution in [3.8, 4) is 6.07 Å². The Morgan fingerprint density at radius 2 is 2.22 bits per heavy atom. The van der Waals surface area contributed by atoms with Crippen molar-refractivity contribution in [3.63, 3.8) is 0 Å². The molecule has 1 aromatic rings. The Balaban J connectivity index is 2.71. The second-order valence-corrected chi connectivity index (χ2v) is 4.42. The van der Waals surface area contributed by atoms with E-state index in [1.165, 1.54) is 0 Å². The topological polar surface area (TPSA) is 59.7 Å². The van der Waals surface area contributed by atoms with Crippen molar-refractivity contribution in [2.24, 2.45) is 0 Å². The average Bonchev–Trinajstić information content (AvgIpc) is 2.42. The molecule has 3 heteroatoms. The minimum absolute atomic E-state index is 0.127. The second kappa shape index (κ2) is 7.50. The lowest BCUT2D eigenvalue weighted by Gasteiger charge is -2.19. The second-order valence-electron chi connectivity index (χ2n) is 4.42. The molecule has 1 atom stereocenters. The Bertz CT molecular complexity index is 432. The molecule has 0 unspecified atom stereocenters. The zero-order valence-corrected chi connectivity index (χ0v) is 11.2. The summed E-state index contributed by atoms with van der Waals surface area (Å²) in [7, 11) is 0. The first-order valence-corrected chi connectivity index (χ1v) is 6.55. The monoisotopic (exact) mass is 243 g/mol. The number of nitrogens with one attached hydrogen (secondary N) is 2. The number of nitrogens with zero attached hydrogens (tertiary/aromatic N) is 1. The van der Waals surface area contributed by atoms with E-state index in [1.54, 1.807) is 6.07 Å². The molecule has 0 saturated carbocycles. The molecule has 0 saturated heterocycles. The van der Waals surface area contributed by atoms with Gasteiger partial charge in [0.05, 0.1) is 23.5 Å². The molecule has 0 aliphatic rings. The van der Waals surface area contributed by atoms with Crippen LogP contribution in [0.1, 0.15) is 56.7 Å². The van der Waals surface area contributed by atoms with Gasteiger partial charge in [0.2, 0.25) is 0 Å². The Kier molecular flexibility index (Phi) is 5.93. The number of hydrogen-bond donors (Lipinski definition) is 2. The van der Waals surface area contributed by atoms with Crippen LogP contribution < -0.4 is 5.32 Å². The summed E-state index contributed by atoms with van der Waals surface area (Å²) in [6, 6.07) is 9.89. The Morgan fingerprint density at radius 3 is 2.83 bits per heavy atom. The van der Waals surface area contributed by atoms with Crippen LogP contribution in [0, 0.1) is 16.7 Å². The van der Waals surface area contributed by atoms with Crippen molar-refractivity contribution in [1.29, 1.82) is 10.7 Å². The summed E-state index contributed by atoms with van der Waals surface area (Å²) < 4.78 is 0. The fraction of sp³-hybridized carbons (Fsp3) is 0.467. The molecule has 0 heterocycles. The molecule has 3 nitrogen and oxygen atoms in total. The summed E-state index contributed by atoms with van der Waals surface area (Å²) in [4.78, 5) is 0. The van der Waals surface area contributed by atoms with Crippen LogP contribution in [0.25, 0.3) is 0 Å². The van der Waals surface area contributed by atoms with Gasteiger partial charge in [0, 0.05) is 6.42 Å². The number of unbranched alkanes of at least 4 members (excludes halogenated alkanes) is 1. The van der Waals surface area contributed by atoms with E-state index in [4.69, 9.17) is 10.7 Å². The van der Waals surface area contributed by atoms with Gasteiger partial charge in [-0.05, 0) is 30.5 Å². The summed E-state index contributed by atoms with van der Waals surface area (Å²) in [5.74, 6) is 0.589. The van der Waals surface area contributed by atoms with E-state index in [0.29, 0.717) is 11.4 Å². The molecule has 0 amide bonds. The quantitative estimate of drug-likeness (QED) is 0.590. The lowest BCUT2D eigenvalue weighted by Crippen LogP contribution is -2.27. The van der Waals surface area contributed by atoms with Gasteiger partial charge in [-0.25, -0.2) is 0 Å². The zero-order valence-electron chi connectivity index (χ0n) is 11.2. The van der Waals surface area contributed by atoms with Crippen LogP contribution in [-0.4, -0.2) is 5.84 Å². The largest absolute Gasteiger partial charge is 0.367 e. The van der Waals surface area contributed by atoms with Crippen LogP contribution in [0.2, 0.25) is 0 Å². The smallest absolute Gasteiger partial charge is 0.0991 e. The van der Waals surface area contributed by atoms with Gasteiger partial charge in [-0.3, -0.25) is 5.41 Å². The number of rotatable bonds is 6. The van der Waals surface area contributed by atoms with Gasteiger partial charge in [-0.15, -0.1) is 0 Å². The van der Waals surface area contributed by atoms with E-state index in [2.05, 4.69) is 25.2 Å². The molecule has 0 bridgehead atoms. The maximum absolute atomic E-state index is 8.90. The van der Waals surface area contributed by atoms with Gasteiger partial charge in [0.1, 0.15) is 0 Å². The van der Waals surface area contributed by atoms with Crippen molar-refractivity contribution >= 4 is 5.84 Å². The van der Waals surface area contributed by atoms with Crippen LogP contribution in [0.3, 0.4) is 0 Å². The van der Waals surface area contributed by atoms with Gasteiger partial charge < -0.3 is 5.32 Å². The molecule has 0 radical (unpaired) electrons. The third-order valence-corrected chi connectivity index (χ3v) is 2.96. The minimum Gasteiger partial charge on any atom is -0.367 e. The molecular weight excluding hydrogens is 222 g/mol. The normalized spacial score (nSPS) is 11.6. The predicted octanol–water partition coefficient (Wildman–Crippen LogP) is 3.77. The third kappa shape index (κ3) is 4.21. The maximum atomic E-state index is 8.90. The Labute approximate surface area is 109 Å². The zero-order chi connectivity index (χ0) is 13.4. The van der Waals surface area contributed by atoms with Gasteiger partial charge in [0.25, 0.3) is 0 Å². The van der Waals surface area contributed by atoms with Gasteiger partial charge in [-0.2, -0.15) is 5.26 Å². The summed E-state index contributed by atoms with van der Waals surface area (Å²) >= 11 is 0. The molecule has 2 N–H and O–H groups in total. The highest BCUT2D eigenvalue weighted by Crippen LogP contribution is 2.18. The summed E-state index contributed by atoms with van der Waals surface area (Å²) in [6.45, 7) is 4.21. The summed E-state index contributed by atoms with van der Waals surface area (Å²) in [5.41, 5.74) is 1.76. The first-order valence-electron chi connectivity index (χ1n) is 6.55. The molecular formula is C15H21N3. The molecule has 1 rings (SSSR count). The van der Waals surface area contributed by atoms with E-state index >= 15 is 0 Å². The molecule has 0 fully saturated rings. The fourth-order valence-corrected chi connectivity index (χ4v) is 1.88. The van der Waals surface area contributed by atoms with Gasteiger partial charge in [0.15, 0.2) is 0 Å². The predicted molar refractivity (Wildman–Crippen MR) is 74.6 cm³/mol. The van der Waals surface area contributed by atoms with Crippen molar-refractivity contribution in [1.82, 2.24) is 5.32 Å². The Morgan fingerprint density at radius 1 is 1.44 bits per heavy atom. The molecule has 0 aromatic heterocycles. The first kappa shape index (κ1) is 14.2. The van der Waals surface area contributed by atoms with E-state index < -0.39 is 0 Å². The highest BCUT2D eigenvalue weighted by atomic mass is 15.0. The highest BCUT2D eigenvalue weighted by Gasteiger charge is 2.10. The van der Waals surface area contributed by atoms with Crippen molar-refractivity contribution in [2.45, 2.75) is 45.6 Å². The van der Waals surface area contributed by atoms with Crippen LogP contribution in [0.5, 0.6) is 0 Å². The third-order valence-electron chi connectivity index (χ3n) is 2.96. The standard InChI is InChI=1S/C15H21N3/c1-3-5-9-15(17)18-14(4-2)13-8-6-7-12(10-13)11-16/h6-8,10,14H,3-5,9H2,1-2H3,(H2,17,18)/t14-/m0/s1.